The number of benzene rings is 1. The molecule has 2 rings (SSSR count). The number of amides is 2. The van der Waals surface area contributed by atoms with Gasteiger partial charge in [-0.05, 0) is 39.0 Å². The Bertz CT molecular complexity index is 774. The summed E-state index contributed by atoms with van der Waals surface area (Å²) >= 11 is 1.21. The molecule has 0 saturated carbocycles. The van der Waals surface area contributed by atoms with E-state index in [1.165, 1.54) is 11.8 Å². The highest BCUT2D eigenvalue weighted by molar-refractivity contribution is 8.14. The van der Waals surface area contributed by atoms with Crippen LogP contribution in [0.25, 0.3) is 0 Å². The summed E-state index contributed by atoms with van der Waals surface area (Å²) in [5.74, 6) is 0.0474. The van der Waals surface area contributed by atoms with E-state index in [0.717, 1.165) is 0 Å². The number of carbonyl (C=O) groups excluding carboxylic acids is 3. The first-order chi connectivity index (χ1) is 14.4. The van der Waals surface area contributed by atoms with Gasteiger partial charge in [0, 0.05) is 16.4 Å². The molecule has 1 aliphatic heterocycles. The van der Waals surface area contributed by atoms with E-state index in [-0.39, 0.29) is 28.1 Å². The standard InChI is InChI=1S/C24H37N3O3S/c1-14(2)13-17(31-23(30)16-11-9-8-10-12-16)19-20(22(29)27-24(5,6)7)25-18(15(3)4)21(28)26-19/h8-12,14-15,17-20,25H,13H2,1-7H3,(H,26,28)(H,27,29)/t17-,18+,19+,20-/m1/s1. The van der Waals surface area contributed by atoms with Gasteiger partial charge in [0.05, 0.1) is 12.1 Å². The van der Waals surface area contributed by atoms with Crippen molar-refractivity contribution in [3.05, 3.63) is 35.9 Å². The van der Waals surface area contributed by atoms with Crippen LogP contribution in [0.5, 0.6) is 0 Å². The minimum Gasteiger partial charge on any atom is -0.350 e. The Morgan fingerprint density at radius 3 is 2.23 bits per heavy atom. The van der Waals surface area contributed by atoms with Gasteiger partial charge in [0.1, 0.15) is 6.04 Å². The van der Waals surface area contributed by atoms with E-state index in [1.54, 1.807) is 12.1 Å². The average molecular weight is 448 g/mol. The maximum absolute atomic E-state index is 13.2. The first-order valence-electron chi connectivity index (χ1n) is 11.0. The maximum Gasteiger partial charge on any atom is 0.239 e. The average Bonchev–Trinajstić information content (AvgIpc) is 2.65. The molecule has 7 heteroatoms. The summed E-state index contributed by atoms with van der Waals surface area (Å²) in [5.41, 5.74) is 0.214. The third-order valence-corrected chi connectivity index (χ3v) is 6.37. The molecule has 2 amide bonds. The Morgan fingerprint density at radius 1 is 1.10 bits per heavy atom. The molecule has 0 spiro atoms. The van der Waals surface area contributed by atoms with E-state index in [9.17, 15) is 14.4 Å². The molecule has 1 saturated heterocycles. The van der Waals surface area contributed by atoms with E-state index in [4.69, 9.17) is 0 Å². The maximum atomic E-state index is 13.2. The van der Waals surface area contributed by atoms with Gasteiger partial charge in [-0.3, -0.25) is 19.7 Å². The lowest BCUT2D eigenvalue weighted by Crippen LogP contribution is -2.72. The van der Waals surface area contributed by atoms with Crippen molar-refractivity contribution in [2.75, 3.05) is 0 Å². The number of thioether (sulfide) groups is 1. The van der Waals surface area contributed by atoms with Crippen molar-refractivity contribution < 1.29 is 14.4 Å². The highest BCUT2D eigenvalue weighted by Crippen LogP contribution is 2.29. The minimum absolute atomic E-state index is 0.0352. The molecule has 3 N–H and O–H groups in total. The number of carbonyl (C=O) groups is 3. The highest BCUT2D eigenvalue weighted by atomic mass is 32.2. The Kier molecular flexibility index (Phi) is 8.72. The SMILES string of the molecule is CC(C)C[C@@H](SC(=O)c1ccccc1)[C@@H]1NC(=O)[C@H](C(C)C)N[C@H]1C(=O)NC(C)(C)C. The molecule has 4 atom stereocenters. The van der Waals surface area contributed by atoms with Gasteiger partial charge in [-0.1, -0.05) is 69.8 Å². The summed E-state index contributed by atoms with van der Waals surface area (Å²) in [6, 6.07) is 7.55. The van der Waals surface area contributed by atoms with Crippen molar-refractivity contribution in [1.29, 1.82) is 0 Å². The Balaban J connectivity index is 2.35. The molecule has 6 nitrogen and oxygen atoms in total. The van der Waals surface area contributed by atoms with E-state index in [0.29, 0.717) is 17.9 Å². The minimum atomic E-state index is -0.621. The van der Waals surface area contributed by atoms with Crippen LogP contribution in [0.1, 0.15) is 65.2 Å². The second-order valence-corrected chi connectivity index (χ2v) is 11.3. The molecule has 1 fully saturated rings. The van der Waals surface area contributed by atoms with Gasteiger partial charge in [0.2, 0.25) is 16.9 Å². The first-order valence-corrected chi connectivity index (χ1v) is 11.9. The molecule has 0 unspecified atom stereocenters. The second kappa shape index (κ2) is 10.6. The van der Waals surface area contributed by atoms with E-state index >= 15 is 0 Å². The molecule has 0 radical (unpaired) electrons. The molecule has 1 aromatic carbocycles. The summed E-state index contributed by atoms with van der Waals surface area (Å²) in [5, 5.41) is 9.13. The molecule has 0 aromatic heterocycles. The van der Waals surface area contributed by atoms with Crippen LogP contribution in [0, 0.1) is 11.8 Å². The summed E-state index contributed by atoms with van der Waals surface area (Å²) in [6.45, 7) is 13.9. The van der Waals surface area contributed by atoms with E-state index < -0.39 is 23.7 Å². The fourth-order valence-corrected chi connectivity index (χ4v) is 5.11. The van der Waals surface area contributed by atoms with Gasteiger partial charge < -0.3 is 10.6 Å². The van der Waals surface area contributed by atoms with Crippen molar-refractivity contribution in [3.63, 3.8) is 0 Å². The normalized spacial score (nSPS) is 22.9. The van der Waals surface area contributed by atoms with Crippen molar-refractivity contribution in [2.24, 2.45) is 11.8 Å². The number of hydrogen-bond donors (Lipinski definition) is 3. The topological polar surface area (TPSA) is 87.3 Å². The van der Waals surface area contributed by atoms with Crippen LogP contribution in [0.3, 0.4) is 0 Å². The van der Waals surface area contributed by atoms with Crippen LogP contribution in [-0.2, 0) is 9.59 Å². The number of piperazine rings is 1. The third-order valence-electron chi connectivity index (χ3n) is 5.13. The summed E-state index contributed by atoms with van der Waals surface area (Å²) in [7, 11) is 0. The molecule has 1 aliphatic rings. The number of nitrogens with one attached hydrogen (secondary N) is 3. The highest BCUT2D eigenvalue weighted by Gasteiger charge is 2.45. The van der Waals surface area contributed by atoms with Gasteiger partial charge in [-0.25, -0.2) is 0 Å². The van der Waals surface area contributed by atoms with E-state index in [1.807, 2.05) is 52.8 Å². The number of rotatable bonds is 7. The number of hydrogen-bond acceptors (Lipinski definition) is 5. The summed E-state index contributed by atoms with van der Waals surface area (Å²) < 4.78 is 0. The van der Waals surface area contributed by atoms with Gasteiger partial charge in [0.15, 0.2) is 0 Å². The summed E-state index contributed by atoms with van der Waals surface area (Å²) in [6.07, 6.45) is 0.696. The molecule has 31 heavy (non-hydrogen) atoms. The Hall–Kier alpha value is -1.86. The summed E-state index contributed by atoms with van der Waals surface area (Å²) in [4.78, 5) is 39.0. The molecule has 1 heterocycles. The van der Waals surface area contributed by atoms with Crippen molar-refractivity contribution >= 4 is 28.7 Å². The lowest BCUT2D eigenvalue weighted by molar-refractivity contribution is -0.132. The third kappa shape index (κ3) is 7.35. The predicted molar refractivity (Wildman–Crippen MR) is 127 cm³/mol. The zero-order valence-corrected chi connectivity index (χ0v) is 20.5. The lowest BCUT2D eigenvalue weighted by atomic mass is 9.90. The Morgan fingerprint density at radius 2 is 1.71 bits per heavy atom. The monoisotopic (exact) mass is 447 g/mol. The van der Waals surface area contributed by atoms with Gasteiger partial charge >= 0.3 is 0 Å². The van der Waals surface area contributed by atoms with Crippen molar-refractivity contribution in [3.8, 4) is 0 Å². The molecular formula is C24H37N3O3S. The zero-order chi connectivity index (χ0) is 23.3. The largest absolute Gasteiger partial charge is 0.350 e. The Labute approximate surface area is 190 Å². The van der Waals surface area contributed by atoms with Crippen LogP contribution in [0.15, 0.2) is 30.3 Å². The first kappa shape index (κ1) is 25.4. The second-order valence-electron chi connectivity index (χ2n) is 10.1. The molecule has 0 aliphatic carbocycles. The predicted octanol–water partition coefficient (Wildman–Crippen LogP) is 3.37. The van der Waals surface area contributed by atoms with E-state index in [2.05, 4.69) is 29.8 Å². The van der Waals surface area contributed by atoms with Gasteiger partial charge in [0.25, 0.3) is 0 Å². The van der Waals surface area contributed by atoms with Gasteiger partial charge in [-0.15, -0.1) is 0 Å². The van der Waals surface area contributed by atoms with Crippen LogP contribution in [0.2, 0.25) is 0 Å². The smallest absolute Gasteiger partial charge is 0.239 e. The zero-order valence-electron chi connectivity index (χ0n) is 19.7. The fourth-order valence-electron chi connectivity index (χ4n) is 3.71. The van der Waals surface area contributed by atoms with Gasteiger partial charge in [-0.2, -0.15) is 0 Å². The fraction of sp³-hybridized carbons (Fsp3) is 0.625. The molecule has 172 valence electrons. The van der Waals surface area contributed by atoms with Crippen LogP contribution in [-0.4, -0.2) is 45.8 Å². The van der Waals surface area contributed by atoms with Crippen LogP contribution in [0.4, 0.5) is 0 Å². The molecule has 0 bridgehead atoms. The van der Waals surface area contributed by atoms with Crippen molar-refractivity contribution in [2.45, 2.75) is 83.8 Å². The van der Waals surface area contributed by atoms with Crippen LogP contribution >= 0.6 is 11.8 Å². The quantitative estimate of drug-likeness (QED) is 0.597. The lowest BCUT2D eigenvalue weighted by Gasteiger charge is -2.42. The molecule has 1 aromatic rings. The van der Waals surface area contributed by atoms with Crippen molar-refractivity contribution in [1.82, 2.24) is 16.0 Å². The van der Waals surface area contributed by atoms with Crippen LogP contribution < -0.4 is 16.0 Å². The molecular weight excluding hydrogens is 410 g/mol.